The number of nitrogens with zero attached hydrogens (tertiary/aromatic N) is 1. The van der Waals surface area contributed by atoms with Gasteiger partial charge in [-0.3, -0.25) is 9.59 Å². The summed E-state index contributed by atoms with van der Waals surface area (Å²) in [5.74, 6) is -0.0125. The van der Waals surface area contributed by atoms with E-state index in [1.807, 2.05) is 26.0 Å². The van der Waals surface area contributed by atoms with Crippen molar-refractivity contribution in [3.05, 3.63) is 47.5 Å². The molecule has 0 aromatic heterocycles. The molecule has 1 fully saturated rings. The summed E-state index contributed by atoms with van der Waals surface area (Å²) in [7, 11) is 0. The summed E-state index contributed by atoms with van der Waals surface area (Å²) in [6, 6.07) is 5.61. The Balaban J connectivity index is 1.88. The SMILES string of the molecule is C=CC(=O)N1CC(CC(=O)NC(CO)c2cc(C)cc(C)c2)C1. The number of aliphatic hydroxyl groups excluding tert-OH is 1. The van der Waals surface area contributed by atoms with Crippen molar-refractivity contribution in [3.63, 3.8) is 0 Å². The molecule has 1 aromatic carbocycles. The van der Waals surface area contributed by atoms with Crippen LogP contribution >= 0.6 is 0 Å². The van der Waals surface area contributed by atoms with Crippen molar-refractivity contribution in [2.45, 2.75) is 26.3 Å². The smallest absolute Gasteiger partial charge is 0.245 e. The minimum Gasteiger partial charge on any atom is -0.394 e. The van der Waals surface area contributed by atoms with E-state index in [1.165, 1.54) is 6.08 Å². The third-order valence-electron chi connectivity index (χ3n) is 4.08. The van der Waals surface area contributed by atoms with Gasteiger partial charge in [-0.25, -0.2) is 0 Å². The van der Waals surface area contributed by atoms with Gasteiger partial charge >= 0.3 is 0 Å². The summed E-state index contributed by atoms with van der Waals surface area (Å²) in [5.41, 5.74) is 3.12. The number of amides is 2. The molecule has 124 valence electrons. The molecule has 1 saturated heterocycles. The molecule has 1 atom stereocenters. The maximum atomic E-state index is 12.2. The van der Waals surface area contributed by atoms with E-state index in [0.717, 1.165) is 16.7 Å². The average molecular weight is 316 g/mol. The van der Waals surface area contributed by atoms with Crippen molar-refractivity contribution in [3.8, 4) is 0 Å². The summed E-state index contributed by atoms with van der Waals surface area (Å²) in [5, 5.41) is 12.5. The van der Waals surface area contributed by atoms with Crippen LogP contribution in [0.2, 0.25) is 0 Å². The Labute approximate surface area is 137 Å². The van der Waals surface area contributed by atoms with Gasteiger partial charge in [0, 0.05) is 25.4 Å². The van der Waals surface area contributed by atoms with Gasteiger partial charge in [0.25, 0.3) is 0 Å². The standard InChI is InChI=1S/C18H24N2O3/c1-4-18(23)20-9-14(10-20)8-17(22)19-16(11-21)15-6-12(2)5-13(3)7-15/h4-7,14,16,21H,1,8-11H2,2-3H3,(H,19,22). The number of rotatable bonds is 6. The average Bonchev–Trinajstić information content (AvgIpc) is 2.46. The first kappa shape index (κ1) is 17.2. The Morgan fingerprint density at radius 3 is 2.48 bits per heavy atom. The lowest BCUT2D eigenvalue weighted by Gasteiger charge is -2.38. The number of benzene rings is 1. The number of aryl methyl sites for hydroxylation is 2. The van der Waals surface area contributed by atoms with E-state index >= 15 is 0 Å². The third-order valence-corrected chi connectivity index (χ3v) is 4.08. The Bertz CT molecular complexity index is 586. The number of aliphatic hydroxyl groups is 1. The van der Waals surface area contributed by atoms with Crippen molar-refractivity contribution in [2.24, 2.45) is 5.92 Å². The number of carbonyl (C=O) groups excluding carboxylic acids is 2. The molecular weight excluding hydrogens is 292 g/mol. The number of nitrogens with one attached hydrogen (secondary N) is 1. The molecule has 0 aliphatic carbocycles. The van der Waals surface area contributed by atoms with Crippen LogP contribution in [0.15, 0.2) is 30.9 Å². The summed E-state index contributed by atoms with van der Waals surface area (Å²) in [6.45, 7) is 8.47. The molecule has 0 saturated carbocycles. The van der Waals surface area contributed by atoms with Crippen LogP contribution < -0.4 is 5.32 Å². The lowest BCUT2D eigenvalue weighted by atomic mass is 9.95. The van der Waals surface area contributed by atoms with E-state index in [4.69, 9.17) is 0 Å². The maximum absolute atomic E-state index is 12.2. The van der Waals surface area contributed by atoms with E-state index < -0.39 is 6.04 Å². The summed E-state index contributed by atoms with van der Waals surface area (Å²) < 4.78 is 0. The highest BCUT2D eigenvalue weighted by Gasteiger charge is 2.31. The fourth-order valence-electron chi connectivity index (χ4n) is 2.97. The molecule has 2 rings (SSSR count). The molecule has 23 heavy (non-hydrogen) atoms. The van der Waals surface area contributed by atoms with Crippen LogP contribution in [0.3, 0.4) is 0 Å². The predicted octanol–water partition coefficient (Wildman–Crippen LogP) is 1.49. The first-order valence-electron chi connectivity index (χ1n) is 7.82. The molecule has 0 bridgehead atoms. The van der Waals surface area contributed by atoms with E-state index in [2.05, 4.69) is 18.0 Å². The van der Waals surface area contributed by atoms with Crippen molar-refractivity contribution in [1.82, 2.24) is 10.2 Å². The van der Waals surface area contributed by atoms with Crippen LogP contribution in [0.5, 0.6) is 0 Å². The van der Waals surface area contributed by atoms with Crippen LogP contribution in [0.4, 0.5) is 0 Å². The highest BCUT2D eigenvalue weighted by atomic mass is 16.3. The Hall–Kier alpha value is -2.14. The molecule has 2 amide bonds. The Kier molecular flexibility index (Phi) is 5.55. The molecule has 1 aromatic rings. The third kappa shape index (κ3) is 4.42. The van der Waals surface area contributed by atoms with Crippen LogP contribution in [-0.4, -0.2) is 41.5 Å². The Morgan fingerprint density at radius 1 is 1.35 bits per heavy atom. The van der Waals surface area contributed by atoms with Gasteiger partial charge in [0.2, 0.25) is 11.8 Å². The Morgan fingerprint density at radius 2 is 1.96 bits per heavy atom. The van der Waals surface area contributed by atoms with Crippen LogP contribution in [0, 0.1) is 19.8 Å². The van der Waals surface area contributed by atoms with Gasteiger partial charge in [-0.05, 0) is 25.5 Å². The quantitative estimate of drug-likeness (QED) is 0.781. The molecule has 5 heteroatoms. The number of hydrogen-bond acceptors (Lipinski definition) is 3. The van der Waals surface area contributed by atoms with Gasteiger partial charge in [-0.15, -0.1) is 0 Å². The summed E-state index contributed by atoms with van der Waals surface area (Å²) in [4.78, 5) is 25.2. The topological polar surface area (TPSA) is 69.6 Å². The molecule has 0 radical (unpaired) electrons. The van der Waals surface area contributed by atoms with E-state index in [-0.39, 0.29) is 24.3 Å². The fraction of sp³-hybridized carbons (Fsp3) is 0.444. The molecule has 1 aliphatic rings. The van der Waals surface area contributed by atoms with Crippen LogP contribution in [-0.2, 0) is 9.59 Å². The van der Waals surface area contributed by atoms with Crippen molar-refractivity contribution in [2.75, 3.05) is 19.7 Å². The van der Waals surface area contributed by atoms with E-state index in [1.54, 1.807) is 4.90 Å². The van der Waals surface area contributed by atoms with Crippen LogP contribution in [0.25, 0.3) is 0 Å². The lowest BCUT2D eigenvalue weighted by molar-refractivity contribution is -0.135. The van der Waals surface area contributed by atoms with E-state index in [0.29, 0.717) is 19.5 Å². The zero-order valence-electron chi connectivity index (χ0n) is 13.7. The first-order chi connectivity index (χ1) is 10.9. The molecule has 1 heterocycles. The summed E-state index contributed by atoms with van der Waals surface area (Å²) in [6.07, 6.45) is 1.65. The maximum Gasteiger partial charge on any atom is 0.245 e. The lowest BCUT2D eigenvalue weighted by Crippen LogP contribution is -2.51. The van der Waals surface area contributed by atoms with Gasteiger partial charge in [0.05, 0.1) is 12.6 Å². The summed E-state index contributed by atoms with van der Waals surface area (Å²) >= 11 is 0. The second-order valence-corrected chi connectivity index (χ2v) is 6.24. The van der Waals surface area contributed by atoms with Gasteiger partial charge in [-0.2, -0.15) is 0 Å². The minimum atomic E-state index is -0.396. The number of carbonyl (C=O) groups is 2. The number of hydrogen-bond donors (Lipinski definition) is 2. The van der Waals surface area contributed by atoms with E-state index in [9.17, 15) is 14.7 Å². The molecular formula is C18H24N2O3. The molecule has 1 unspecified atom stereocenters. The first-order valence-corrected chi connectivity index (χ1v) is 7.82. The molecule has 0 spiro atoms. The molecule has 5 nitrogen and oxygen atoms in total. The van der Waals surface area contributed by atoms with Gasteiger partial charge in [0.15, 0.2) is 0 Å². The zero-order valence-corrected chi connectivity index (χ0v) is 13.7. The second-order valence-electron chi connectivity index (χ2n) is 6.24. The minimum absolute atomic E-state index is 0.0925. The predicted molar refractivity (Wildman–Crippen MR) is 88.8 cm³/mol. The van der Waals surface area contributed by atoms with Crippen molar-refractivity contribution < 1.29 is 14.7 Å². The molecule has 2 N–H and O–H groups in total. The fourth-order valence-corrected chi connectivity index (χ4v) is 2.97. The van der Waals surface area contributed by atoms with Gasteiger partial charge in [0.1, 0.15) is 0 Å². The highest BCUT2D eigenvalue weighted by Crippen LogP contribution is 2.21. The number of likely N-dealkylation sites (tertiary alicyclic amines) is 1. The second kappa shape index (κ2) is 7.42. The van der Waals surface area contributed by atoms with Crippen LogP contribution in [0.1, 0.15) is 29.2 Å². The largest absolute Gasteiger partial charge is 0.394 e. The monoisotopic (exact) mass is 316 g/mol. The highest BCUT2D eigenvalue weighted by molar-refractivity contribution is 5.87. The normalized spacial score (nSPS) is 15.7. The zero-order chi connectivity index (χ0) is 17.0. The van der Waals surface area contributed by atoms with Gasteiger partial charge in [-0.1, -0.05) is 35.9 Å². The molecule has 1 aliphatic heterocycles. The van der Waals surface area contributed by atoms with Crippen molar-refractivity contribution in [1.29, 1.82) is 0 Å². The van der Waals surface area contributed by atoms with Gasteiger partial charge < -0.3 is 15.3 Å². The van der Waals surface area contributed by atoms with Crippen molar-refractivity contribution >= 4 is 11.8 Å².